The smallest absolute Gasteiger partial charge is 0.0372 e. The third-order valence-corrected chi connectivity index (χ3v) is 4.94. The van der Waals surface area contributed by atoms with Gasteiger partial charge in [0.25, 0.3) is 0 Å². The highest BCUT2D eigenvalue weighted by Crippen LogP contribution is 2.31. The molecule has 1 atom stereocenters. The van der Waals surface area contributed by atoms with Crippen LogP contribution in [0.1, 0.15) is 28.3 Å². The molecule has 1 unspecified atom stereocenters. The van der Waals surface area contributed by atoms with Crippen molar-refractivity contribution in [1.82, 2.24) is 5.32 Å². The summed E-state index contributed by atoms with van der Waals surface area (Å²) in [5.41, 5.74) is 5.50. The van der Waals surface area contributed by atoms with Crippen LogP contribution in [0.3, 0.4) is 0 Å². The molecule has 2 aromatic carbocycles. The van der Waals surface area contributed by atoms with Crippen molar-refractivity contribution in [2.75, 3.05) is 7.05 Å². The Balaban J connectivity index is 1.95. The summed E-state index contributed by atoms with van der Waals surface area (Å²) in [7, 11) is 2.06. The molecule has 0 aliphatic heterocycles. The van der Waals surface area contributed by atoms with E-state index in [-0.39, 0.29) is 0 Å². The van der Waals surface area contributed by atoms with Crippen LogP contribution < -0.4 is 5.32 Å². The van der Waals surface area contributed by atoms with Gasteiger partial charge in [0.2, 0.25) is 0 Å². The number of likely N-dealkylation sites (N-methyl/N-ethyl adjacent to an activating group) is 1. The van der Waals surface area contributed by atoms with Crippen molar-refractivity contribution in [3.63, 3.8) is 0 Å². The van der Waals surface area contributed by atoms with Crippen LogP contribution in [0.25, 0.3) is 10.1 Å². The van der Waals surface area contributed by atoms with Crippen LogP contribution in [0.2, 0.25) is 0 Å². The predicted molar refractivity (Wildman–Crippen MR) is 93.2 cm³/mol. The highest BCUT2D eigenvalue weighted by atomic mass is 32.1. The summed E-state index contributed by atoms with van der Waals surface area (Å²) in [4.78, 5) is 0. The van der Waals surface area contributed by atoms with Gasteiger partial charge in [-0.05, 0) is 55.3 Å². The molecule has 1 heterocycles. The lowest BCUT2D eigenvalue weighted by atomic mass is 9.96. The highest BCUT2D eigenvalue weighted by molar-refractivity contribution is 7.17. The number of fused-ring (bicyclic) bond motifs is 1. The van der Waals surface area contributed by atoms with Crippen molar-refractivity contribution in [3.8, 4) is 0 Å². The van der Waals surface area contributed by atoms with E-state index in [2.05, 4.69) is 74.1 Å². The number of aryl methyl sites for hydroxylation is 2. The van der Waals surface area contributed by atoms with Crippen molar-refractivity contribution in [3.05, 3.63) is 70.1 Å². The lowest BCUT2D eigenvalue weighted by Crippen LogP contribution is -2.18. The van der Waals surface area contributed by atoms with Crippen LogP contribution in [0.4, 0.5) is 0 Å². The number of rotatable bonds is 4. The molecule has 3 rings (SSSR count). The molecule has 0 amide bonds. The van der Waals surface area contributed by atoms with E-state index in [0.29, 0.717) is 6.04 Å². The molecular formula is C19H21NS. The molecule has 0 saturated heterocycles. The Morgan fingerprint density at radius 1 is 1.05 bits per heavy atom. The third kappa shape index (κ3) is 3.02. The molecule has 3 aromatic rings. The van der Waals surface area contributed by atoms with E-state index in [9.17, 15) is 0 Å². The molecule has 2 heteroatoms. The van der Waals surface area contributed by atoms with Gasteiger partial charge in [-0.15, -0.1) is 11.3 Å². The highest BCUT2D eigenvalue weighted by Gasteiger charge is 2.15. The first kappa shape index (κ1) is 14.3. The van der Waals surface area contributed by atoms with Gasteiger partial charge >= 0.3 is 0 Å². The van der Waals surface area contributed by atoms with Gasteiger partial charge in [-0.25, -0.2) is 0 Å². The molecule has 0 fully saturated rings. The summed E-state index contributed by atoms with van der Waals surface area (Å²) in [6.45, 7) is 4.34. The fourth-order valence-electron chi connectivity index (χ4n) is 3.06. The molecular weight excluding hydrogens is 274 g/mol. The van der Waals surface area contributed by atoms with Crippen LogP contribution in [-0.2, 0) is 6.42 Å². The van der Waals surface area contributed by atoms with Gasteiger partial charge in [0, 0.05) is 10.7 Å². The quantitative estimate of drug-likeness (QED) is 0.712. The molecule has 0 aliphatic rings. The summed E-state index contributed by atoms with van der Waals surface area (Å²) in [6, 6.07) is 15.9. The van der Waals surface area contributed by atoms with Gasteiger partial charge in [-0.3, -0.25) is 0 Å². The monoisotopic (exact) mass is 295 g/mol. The van der Waals surface area contributed by atoms with Gasteiger partial charge in [0.15, 0.2) is 0 Å². The second-order valence-corrected chi connectivity index (χ2v) is 6.64. The Labute approximate surface area is 130 Å². The first-order valence-electron chi connectivity index (χ1n) is 7.38. The fourth-order valence-corrected chi connectivity index (χ4v) is 4.07. The minimum Gasteiger partial charge on any atom is -0.313 e. The maximum Gasteiger partial charge on any atom is 0.0372 e. The standard InChI is InChI=1S/C19H21NS/c1-13-8-14(2)10-15(9-13)11-18(20-3)17-12-21-19-7-5-4-6-16(17)19/h4-10,12,18,20H,11H2,1-3H3. The van der Waals surface area contributed by atoms with Crippen LogP contribution in [-0.4, -0.2) is 7.05 Å². The van der Waals surface area contributed by atoms with Gasteiger partial charge in [-0.1, -0.05) is 47.5 Å². The number of hydrogen-bond donors (Lipinski definition) is 1. The van der Waals surface area contributed by atoms with Gasteiger partial charge < -0.3 is 5.32 Å². The molecule has 1 aromatic heterocycles. The largest absolute Gasteiger partial charge is 0.313 e. The zero-order chi connectivity index (χ0) is 14.8. The topological polar surface area (TPSA) is 12.0 Å². The average Bonchev–Trinajstić information content (AvgIpc) is 2.87. The summed E-state index contributed by atoms with van der Waals surface area (Å²) < 4.78 is 1.37. The molecule has 0 radical (unpaired) electrons. The van der Waals surface area contributed by atoms with E-state index in [1.165, 1.54) is 32.3 Å². The summed E-state index contributed by atoms with van der Waals surface area (Å²) in [5, 5.41) is 7.17. The van der Waals surface area contributed by atoms with E-state index in [4.69, 9.17) is 0 Å². The van der Waals surface area contributed by atoms with Crippen LogP contribution in [0, 0.1) is 13.8 Å². The number of hydrogen-bond acceptors (Lipinski definition) is 2. The van der Waals surface area contributed by atoms with Crippen LogP contribution in [0.5, 0.6) is 0 Å². The molecule has 0 spiro atoms. The normalized spacial score (nSPS) is 12.7. The third-order valence-electron chi connectivity index (χ3n) is 3.96. The first-order valence-corrected chi connectivity index (χ1v) is 8.26. The van der Waals surface area contributed by atoms with E-state index in [0.717, 1.165) is 6.42 Å². The van der Waals surface area contributed by atoms with Crippen molar-refractivity contribution < 1.29 is 0 Å². The van der Waals surface area contributed by atoms with Gasteiger partial charge in [0.1, 0.15) is 0 Å². The average molecular weight is 295 g/mol. The molecule has 108 valence electrons. The minimum atomic E-state index is 0.363. The predicted octanol–water partition coefficient (Wildman–Crippen LogP) is 5.02. The van der Waals surface area contributed by atoms with E-state index in [1.54, 1.807) is 0 Å². The second kappa shape index (κ2) is 6.00. The summed E-state index contributed by atoms with van der Waals surface area (Å²) in [5.74, 6) is 0. The van der Waals surface area contributed by atoms with Gasteiger partial charge in [0.05, 0.1) is 0 Å². The second-order valence-electron chi connectivity index (χ2n) is 5.73. The SMILES string of the molecule is CNC(Cc1cc(C)cc(C)c1)c1csc2ccccc12. The maximum atomic E-state index is 3.49. The Morgan fingerprint density at radius 2 is 1.76 bits per heavy atom. The molecule has 1 N–H and O–H groups in total. The molecule has 0 bridgehead atoms. The molecule has 0 aliphatic carbocycles. The number of thiophene rings is 1. The zero-order valence-electron chi connectivity index (χ0n) is 12.8. The summed E-state index contributed by atoms with van der Waals surface area (Å²) in [6.07, 6.45) is 1.03. The molecule has 1 nitrogen and oxygen atoms in total. The number of nitrogens with one attached hydrogen (secondary N) is 1. The lowest BCUT2D eigenvalue weighted by Gasteiger charge is -2.17. The van der Waals surface area contributed by atoms with Crippen molar-refractivity contribution in [2.24, 2.45) is 0 Å². The Morgan fingerprint density at radius 3 is 2.48 bits per heavy atom. The van der Waals surface area contributed by atoms with Crippen LogP contribution in [0.15, 0.2) is 47.8 Å². The lowest BCUT2D eigenvalue weighted by molar-refractivity contribution is 0.597. The first-order chi connectivity index (χ1) is 10.2. The minimum absolute atomic E-state index is 0.363. The summed E-state index contributed by atoms with van der Waals surface area (Å²) >= 11 is 1.83. The van der Waals surface area contributed by atoms with Crippen molar-refractivity contribution >= 4 is 21.4 Å². The van der Waals surface area contributed by atoms with E-state index >= 15 is 0 Å². The van der Waals surface area contributed by atoms with E-state index < -0.39 is 0 Å². The van der Waals surface area contributed by atoms with Crippen LogP contribution >= 0.6 is 11.3 Å². The fraction of sp³-hybridized carbons (Fsp3) is 0.263. The Bertz CT molecular complexity index is 737. The Hall–Kier alpha value is -1.64. The van der Waals surface area contributed by atoms with E-state index in [1.807, 2.05) is 11.3 Å². The molecule has 21 heavy (non-hydrogen) atoms. The Kier molecular flexibility index (Phi) is 4.09. The molecule has 0 saturated carbocycles. The maximum absolute atomic E-state index is 3.49. The van der Waals surface area contributed by atoms with Crippen molar-refractivity contribution in [2.45, 2.75) is 26.3 Å². The zero-order valence-corrected chi connectivity index (χ0v) is 13.6. The number of benzene rings is 2. The van der Waals surface area contributed by atoms with Crippen molar-refractivity contribution in [1.29, 1.82) is 0 Å². The van der Waals surface area contributed by atoms with Gasteiger partial charge in [-0.2, -0.15) is 0 Å².